The van der Waals surface area contributed by atoms with Crippen LogP contribution in [0, 0.1) is 15.2 Å². The van der Waals surface area contributed by atoms with Crippen LogP contribution >= 0.6 is 22.6 Å². The van der Waals surface area contributed by atoms with Gasteiger partial charge in [-0.2, -0.15) is 0 Å². The van der Waals surface area contributed by atoms with Crippen molar-refractivity contribution in [2.24, 2.45) is 12.2 Å². The summed E-state index contributed by atoms with van der Waals surface area (Å²) in [5.74, 6) is -0.910. The molecule has 8 nitrogen and oxygen atoms in total. The fourth-order valence-corrected chi connectivity index (χ4v) is 4.14. The van der Waals surface area contributed by atoms with Gasteiger partial charge in [0.05, 0.1) is 28.3 Å². The van der Waals surface area contributed by atoms with Gasteiger partial charge in [0.1, 0.15) is 23.2 Å². The van der Waals surface area contributed by atoms with Crippen LogP contribution in [0.5, 0.6) is 0 Å². The first-order valence-corrected chi connectivity index (χ1v) is 11.5. The van der Waals surface area contributed by atoms with Crippen LogP contribution in [-0.4, -0.2) is 32.9 Å². The average Bonchev–Trinajstić information content (AvgIpc) is 3.37. The van der Waals surface area contributed by atoms with Gasteiger partial charge in [-0.05, 0) is 59.7 Å². The van der Waals surface area contributed by atoms with Crippen LogP contribution in [0.15, 0.2) is 36.9 Å². The fourth-order valence-electron chi connectivity index (χ4n) is 2.90. The molecule has 0 radical (unpaired) electrons. The number of aryl methyl sites for hydroxylation is 1. The Bertz CT molecular complexity index is 1360. The lowest BCUT2D eigenvalue weighted by Crippen LogP contribution is -2.16. The highest BCUT2D eigenvalue weighted by atomic mass is 127. The van der Waals surface area contributed by atoms with Gasteiger partial charge >= 0.3 is 0 Å². The van der Waals surface area contributed by atoms with Crippen molar-refractivity contribution in [1.82, 2.24) is 19.2 Å². The number of rotatable bonds is 3. The minimum absolute atomic E-state index is 0.201. The molecule has 30 heavy (non-hydrogen) atoms. The number of hydrogen-bond donors (Lipinski definition) is 2. The summed E-state index contributed by atoms with van der Waals surface area (Å²) < 4.78 is 53.0. The molecule has 5 rings (SSSR count). The lowest BCUT2D eigenvalue weighted by atomic mass is 10.2. The van der Waals surface area contributed by atoms with Crippen molar-refractivity contribution in [1.29, 1.82) is 0 Å². The monoisotopic (exact) mass is 546 g/mol. The highest BCUT2D eigenvalue weighted by molar-refractivity contribution is 14.1. The van der Waals surface area contributed by atoms with E-state index in [0.717, 1.165) is 16.4 Å². The minimum Gasteiger partial charge on any atom is -0.334 e. The third-order valence-electron chi connectivity index (χ3n) is 4.63. The quantitative estimate of drug-likeness (QED) is 0.384. The van der Waals surface area contributed by atoms with Crippen LogP contribution in [0.1, 0.15) is 12.8 Å². The first kappa shape index (κ1) is 20.9. The van der Waals surface area contributed by atoms with Gasteiger partial charge in [0.2, 0.25) is 10.0 Å². The molecule has 0 unspecified atom stereocenters. The van der Waals surface area contributed by atoms with Crippen molar-refractivity contribution in [2.45, 2.75) is 18.1 Å². The zero-order valence-electron chi connectivity index (χ0n) is 15.7. The van der Waals surface area contributed by atoms with Gasteiger partial charge in [-0.1, -0.05) is 0 Å². The number of hydrogen-bond acceptors (Lipinski definition) is 5. The van der Waals surface area contributed by atoms with Gasteiger partial charge < -0.3 is 4.57 Å². The van der Waals surface area contributed by atoms with E-state index in [4.69, 9.17) is 5.14 Å². The number of nitrogens with two attached hydrogens (primary N) is 1. The van der Waals surface area contributed by atoms with E-state index in [0.29, 0.717) is 11.0 Å². The molecule has 2 aromatic carbocycles. The fraction of sp³-hybridized carbons (Fsp3) is 0.222. The molecule has 1 fully saturated rings. The lowest BCUT2D eigenvalue weighted by Gasteiger charge is -2.10. The molecule has 158 valence electrons. The topological polar surface area (TPSA) is 108 Å². The summed E-state index contributed by atoms with van der Waals surface area (Å²) in [7, 11) is -1.34. The molecule has 0 spiro atoms. The third-order valence-corrected chi connectivity index (χ3v) is 6.70. The second-order valence-electron chi connectivity index (χ2n) is 6.92. The molecule has 0 saturated heterocycles. The van der Waals surface area contributed by atoms with E-state index in [9.17, 15) is 17.2 Å². The van der Waals surface area contributed by atoms with Gasteiger partial charge in [-0.15, -0.1) is 0 Å². The van der Waals surface area contributed by atoms with Crippen molar-refractivity contribution < 1.29 is 17.2 Å². The van der Waals surface area contributed by atoms with E-state index in [2.05, 4.69) is 15.4 Å². The maximum Gasteiger partial charge on any atom is 0.211 e. The average molecular weight is 546 g/mol. The Balaban J connectivity index is 0.000000265. The molecule has 1 aliphatic rings. The van der Waals surface area contributed by atoms with Crippen molar-refractivity contribution in [2.75, 3.05) is 5.43 Å². The van der Waals surface area contributed by atoms with E-state index >= 15 is 0 Å². The van der Waals surface area contributed by atoms with Crippen LogP contribution in [0.25, 0.3) is 22.1 Å². The second-order valence-corrected chi connectivity index (χ2v) is 10.0. The molecule has 4 aromatic rings. The van der Waals surface area contributed by atoms with Crippen molar-refractivity contribution in [3.8, 4) is 0 Å². The molecular formula is C18H17F2IN6O2S. The molecule has 0 amide bonds. The number of primary sulfonamides is 1. The SMILES string of the molecule is Cn1cnc2c(F)c3c(cc21)ncn3Nc1ccc(I)cc1F.NS(=O)(=O)C1CC1. The van der Waals surface area contributed by atoms with E-state index < -0.39 is 21.7 Å². The predicted octanol–water partition coefficient (Wildman–Crippen LogP) is 3.12. The number of benzene rings is 2. The van der Waals surface area contributed by atoms with Gasteiger partial charge in [0, 0.05) is 10.6 Å². The summed E-state index contributed by atoms with van der Waals surface area (Å²) in [5.41, 5.74) is 4.69. The summed E-state index contributed by atoms with van der Waals surface area (Å²) in [6, 6.07) is 6.51. The Morgan fingerprint density at radius 2 is 1.93 bits per heavy atom. The number of halogens is 3. The van der Waals surface area contributed by atoms with E-state index in [1.54, 1.807) is 36.1 Å². The maximum absolute atomic E-state index is 14.8. The zero-order valence-corrected chi connectivity index (χ0v) is 18.7. The standard InChI is InChI=1S/C15H10F2IN5.C3H7NO2S/c1-22-6-20-14-12(22)5-11-15(13(14)17)23(7-19-11)21-10-3-2-8(18)4-9(10)16;4-7(5,6)3-1-2-3/h2-7,21H,1H3;3H,1-2H2,(H2,4,5,6). The van der Waals surface area contributed by atoms with Gasteiger partial charge in [-0.3, -0.25) is 5.43 Å². The summed E-state index contributed by atoms with van der Waals surface area (Å²) in [6.45, 7) is 0. The minimum atomic E-state index is -3.13. The van der Waals surface area contributed by atoms with E-state index in [1.807, 2.05) is 22.6 Å². The van der Waals surface area contributed by atoms with Crippen molar-refractivity contribution >= 4 is 60.4 Å². The number of aromatic nitrogens is 4. The summed E-state index contributed by atoms with van der Waals surface area (Å²) in [4.78, 5) is 8.26. The molecule has 2 heterocycles. The Hall–Kier alpha value is -2.32. The molecular weight excluding hydrogens is 529 g/mol. The molecule has 2 aromatic heterocycles. The largest absolute Gasteiger partial charge is 0.334 e. The highest BCUT2D eigenvalue weighted by Gasteiger charge is 2.32. The Morgan fingerprint density at radius 3 is 2.53 bits per heavy atom. The Morgan fingerprint density at radius 1 is 1.20 bits per heavy atom. The number of fused-ring (bicyclic) bond motifs is 2. The zero-order chi connectivity index (χ0) is 21.6. The van der Waals surface area contributed by atoms with Crippen molar-refractivity contribution in [3.05, 3.63) is 52.1 Å². The third kappa shape index (κ3) is 4.11. The summed E-state index contributed by atoms with van der Waals surface area (Å²) in [6.07, 6.45) is 4.49. The van der Waals surface area contributed by atoms with Crippen LogP contribution in [0.3, 0.4) is 0 Å². The van der Waals surface area contributed by atoms with Gasteiger partial charge in [0.25, 0.3) is 0 Å². The number of imidazole rings is 2. The normalized spacial score (nSPS) is 14.0. The summed E-state index contributed by atoms with van der Waals surface area (Å²) >= 11 is 2.03. The molecule has 1 saturated carbocycles. The van der Waals surface area contributed by atoms with E-state index in [-0.39, 0.29) is 22.0 Å². The first-order chi connectivity index (χ1) is 14.1. The van der Waals surface area contributed by atoms with Gasteiger partial charge in [0.15, 0.2) is 5.82 Å². The van der Waals surface area contributed by atoms with Crippen LogP contribution < -0.4 is 10.6 Å². The van der Waals surface area contributed by atoms with Crippen LogP contribution in [-0.2, 0) is 17.1 Å². The van der Waals surface area contributed by atoms with Gasteiger partial charge in [-0.25, -0.2) is 37.0 Å². The molecule has 1 aliphatic carbocycles. The van der Waals surface area contributed by atoms with Crippen LogP contribution in [0.4, 0.5) is 14.5 Å². The summed E-state index contributed by atoms with van der Waals surface area (Å²) in [5, 5.41) is 4.51. The number of sulfonamides is 1. The molecule has 0 atom stereocenters. The smallest absolute Gasteiger partial charge is 0.211 e. The molecule has 0 aliphatic heterocycles. The predicted molar refractivity (Wildman–Crippen MR) is 118 cm³/mol. The lowest BCUT2D eigenvalue weighted by molar-refractivity contribution is 0.596. The number of nitrogens with one attached hydrogen (secondary N) is 1. The van der Waals surface area contributed by atoms with Crippen molar-refractivity contribution in [3.63, 3.8) is 0 Å². The Labute approximate surface area is 184 Å². The number of anilines is 1. The van der Waals surface area contributed by atoms with E-state index in [1.165, 1.54) is 17.1 Å². The second kappa shape index (κ2) is 7.74. The molecule has 12 heteroatoms. The number of nitrogens with zero attached hydrogens (tertiary/aromatic N) is 4. The molecule has 0 bridgehead atoms. The van der Waals surface area contributed by atoms with Crippen LogP contribution in [0.2, 0.25) is 0 Å². The maximum atomic E-state index is 14.8. The Kier molecular flexibility index (Phi) is 5.40. The highest BCUT2D eigenvalue weighted by Crippen LogP contribution is 2.27. The first-order valence-electron chi connectivity index (χ1n) is 8.85. The molecule has 3 N–H and O–H groups in total.